The highest BCUT2D eigenvalue weighted by Crippen LogP contribution is 2.68. The van der Waals surface area contributed by atoms with E-state index in [-0.39, 0.29) is 28.9 Å². The number of hydrogen-bond acceptors (Lipinski definition) is 3. The van der Waals surface area contributed by atoms with Gasteiger partial charge in [0.15, 0.2) is 0 Å². The number of nitrogens with one attached hydrogen (secondary N) is 1. The van der Waals surface area contributed by atoms with Gasteiger partial charge in [-0.1, -0.05) is 51.1 Å². The van der Waals surface area contributed by atoms with E-state index < -0.39 is 0 Å². The Morgan fingerprint density at radius 1 is 1.03 bits per heavy atom. The number of aliphatic hydroxyl groups is 2. The number of carbonyl (C=O) groups excluding carboxylic acids is 1. The molecule has 4 fully saturated rings. The predicted octanol–water partition coefficient (Wildman–Crippen LogP) is 5.71. The van der Waals surface area contributed by atoms with Crippen LogP contribution in [-0.2, 0) is 11.3 Å². The van der Waals surface area contributed by atoms with Crippen LogP contribution in [0, 0.1) is 46.3 Å². The molecule has 0 radical (unpaired) electrons. The number of rotatable bonds is 6. The van der Waals surface area contributed by atoms with Crippen molar-refractivity contribution >= 4 is 5.91 Å². The summed E-state index contributed by atoms with van der Waals surface area (Å²) in [6.45, 7) is 7.79. The number of aliphatic hydroxyl groups excluding tert-OH is 2. The van der Waals surface area contributed by atoms with Gasteiger partial charge in [-0.25, -0.2) is 0 Å². The quantitative estimate of drug-likeness (QED) is 0.487. The van der Waals surface area contributed by atoms with E-state index in [4.69, 9.17) is 0 Å². The van der Waals surface area contributed by atoms with E-state index in [0.717, 1.165) is 37.7 Å². The van der Waals surface area contributed by atoms with Gasteiger partial charge in [-0.2, -0.15) is 0 Å². The molecule has 35 heavy (non-hydrogen) atoms. The predicted molar refractivity (Wildman–Crippen MR) is 139 cm³/mol. The summed E-state index contributed by atoms with van der Waals surface area (Å²) >= 11 is 0. The fourth-order valence-corrected chi connectivity index (χ4v) is 9.61. The highest BCUT2D eigenvalue weighted by Gasteiger charge is 2.63. The molecule has 0 aromatic heterocycles. The summed E-state index contributed by atoms with van der Waals surface area (Å²) in [5, 5.41) is 25.1. The number of carbonyl (C=O) groups is 1. The fraction of sp³-hybridized carbons (Fsp3) is 0.774. The van der Waals surface area contributed by atoms with E-state index in [1.54, 1.807) is 0 Å². The number of amides is 1. The van der Waals surface area contributed by atoms with Crippen molar-refractivity contribution < 1.29 is 15.0 Å². The Labute approximate surface area is 212 Å². The van der Waals surface area contributed by atoms with Crippen LogP contribution >= 0.6 is 0 Å². The topological polar surface area (TPSA) is 69.6 Å². The lowest BCUT2D eigenvalue weighted by atomic mass is 9.43. The third-order valence-corrected chi connectivity index (χ3v) is 11.7. The molecule has 5 rings (SSSR count). The standard InChI is InChI=1S/C31H47NO3/c1-20(9-14-29(35)32-19-21-7-5-4-6-8-21)25-12-13-26-24-11-10-22-17-23(33)15-16-30(22,2)27(24)18-28(34)31(25,26)3/h4-8,20,22-28,33-34H,9-19H2,1-3H3,(H,32,35)/t20-,22-,23-,24+,25?,26+,27+,28+,30+,31-/m1/s1. The van der Waals surface area contributed by atoms with Crippen molar-refractivity contribution in [3.8, 4) is 0 Å². The van der Waals surface area contributed by atoms with Crippen LogP contribution in [-0.4, -0.2) is 28.3 Å². The number of hydrogen-bond donors (Lipinski definition) is 3. The Bertz CT molecular complexity index is 888. The fourth-order valence-electron chi connectivity index (χ4n) is 9.61. The molecule has 0 spiro atoms. The molecule has 4 aliphatic carbocycles. The Hall–Kier alpha value is -1.39. The van der Waals surface area contributed by atoms with E-state index >= 15 is 0 Å². The molecule has 10 atom stereocenters. The van der Waals surface area contributed by atoms with Gasteiger partial charge in [-0.3, -0.25) is 4.79 Å². The van der Waals surface area contributed by atoms with Crippen LogP contribution in [0.5, 0.6) is 0 Å². The minimum Gasteiger partial charge on any atom is -0.393 e. The zero-order valence-electron chi connectivity index (χ0n) is 22.1. The van der Waals surface area contributed by atoms with Gasteiger partial charge in [0.1, 0.15) is 0 Å². The lowest BCUT2D eigenvalue weighted by Crippen LogP contribution is -2.58. The maximum Gasteiger partial charge on any atom is 0.220 e. The third-order valence-electron chi connectivity index (χ3n) is 11.7. The Balaban J connectivity index is 1.22. The summed E-state index contributed by atoms with van der Waals surface area (Å²) in [5.41, 5.74) is 1.39. The zero-order chi connectivity index (χ0) is 24.8. The van der Waals surface area contributed by atoms with Gasteiger partial charge >= 0.3 is 0 Å². The second-order valence-corrected chi connectivity index (χ2v) is 13.2. The minimum atomic E-state index is -0.252. The van der Waals surface area contributed by atoms with E-state index in [9.17, 15) is 15.0 Å². The van der Waals surface area contributed by atoms with Gasteiger partial charge in [-0.05, 0) is 110 Å². The first kappa shape index (κ1) is 25.3. The molecule has 0 aliphatic heterocycles. The molecule has 0 bridgehead atoms. The summed E-state index contributed by atoms with van der Waals surface area (Å²) < 4.78 is 0. The summed E-state index contributed by atoms with van der Waals surface area (Å²) in [6.07, 6.45) is 9.97. The first-order valence-electron chi connectivity index (χ1n) is 14.4. The molecule has 4 saturated carbocycles. The van der Waals surface area contributed by atoms with Gasteiger partial charge in [-0.15, -0.1) is 0 Å². The molecule has 0 saturated heterocycles. The first-order valence-corrected chi connectivity index (χ1v) is 14.4. The van der Waals surface area contributed by atoms with Crippen molar-refractivity contribution in [3.05, 3.63) is 35.9 Å². The normalized spacial score (nSPS) is 43.5. The van der Waals surface area contributed by atoms with Crippen molar-refractivity contribution in [1.29, 1.82) is 0 Å². The monoisotopic (exact) mass is 481 g/mol. The van der Waals surface area contributed by atoms with E-state index in [1.165, 1.54) is 25.7 Å². The van der Waals surface area contributed by atoms with Gasteiger partial charge in [0.2, 0.25) is 5.91 Å². The van der Waals surface area contributed by atoms with Crippen LogP contribution in [0.4, 0.5) is 0 Å². The van der Waals surface area contributed by atoms with E-state index in [0.29, 0.717) is 48.5 Å². The average molecular weight is 482 g/mol. The van der Waals surface area contributed by atoms with Crippen LogP contribution in [0.2, 0.25) is 0 Å². The van der Waals surface area contributed by atoms with Crippen molar-refractivity contribution in [2.24, 2.45) is 46.3 Å². The lowest BCUT2D eigenvalue weighted by Gasteiger charge is -2.62. The van der Waals surface area contributed by atoms with Crippen LogP contribution in [0.1, 0.15) is 90.5 Å². The second kappa shape index (κ2) is 9.82. The molecule has 0 heterocycles. The third kappa shape index (κ3) is 4.48. The number of fused-ring (bicyclic) bond motifs is 5. The van der Waals surface area contributed by atoms with Gasteiger partial charge < -0.3 is 15.5 Å². The summed E-state index contributed by atoms with van der Waals surface area (Å²) in [7, 11) is 0. The summed E-state index contributed by atoms with van der Waals surface area (Å²) in [5.74, 6) is 3.59. The van der Waals surface area contributed by atoms with Gasteiger partial charge in [0.05, 0.1) is 12.2 Å². The summed E-state index contributed by atoms with van der Waals surface area (Å²) in [4.78, 5) is 12.6. The van der Waals surface area contributed by atoms with Crippen LogP contribution in [0.25, 0.3) is 0 Å². The smallest absolute Gasteiger partial charge is 0.220 e. The zero-order valence-corrected chi connectivity index (χ0v) is 22.1. The number of benzene rings is 1. The van der Waals surface area contributed by atoms with Crippen LogP contribution in [0.15, 0.2) is 30.3 Å². The second-order valence-electron chi connectivity index (χ2n) is 13.2. The maximum atomic E-state index is 12.6. The first-order chi connectivity index (χ1) is 16.7. The lowest BCUT2D eigenvalue weighted by molar-refractivity contribution is -0.174. The molecule has 1 aromatic rings. The SMILES string of the molecule is C[C@H](CCC(=O)NCc1ccccc1)C1CC[C@H]2[C@@H]3CC[C@@H]4C[C@H](O)CC[C@]4(C)[C@H]3C[C@H](O)[C@]12C. The Kier molecular flexibility index (Phi) is 7.09. The highest BCUT2D eigenvalue weighted by atomic mass is 16.3. The van der Waals surface area contributed by atoms with Crippen molar-refractivity contribution in [2.45, 2.75) is 104 Å². The molecule has 4 nitrogen and oxygen atoms in total. The minimum absolute atomic E-state index is 0.0293. The molecular formula is C31H47NO3. The highest BCUT2D eigenvalue weighted by molar-refractivity contribution is 5.75. The van der Waals surface area contributed by atoms with Gasteiger partial charge in [0, 0.05) is 13.0 Å². The molecule has 4 heteroatoms. The molecule has 1 amide bonds. The Morgan fingerprint density at radius 3 is 2.57 bits per heavy atom. The molecule has 4 aliphatic rings. The maximum absolute atomic E-state index is 12.6. The largest absolute Gasteiger partial charge is 0.393 e. The molecule has 194 valence electrons. The van der Waals surface area contributed by atoms with E-state index in [2.05, 4.69) is 26.1 Å². The molecule has 1 unspecified atom stereocenters. The molecular weight excluding hydrogens is 434 g/mol. The molecule has 1 aromatic carbocycles. The van der Waals surface area contributed by atoms with Crippen molar-refractivity contribution in [3.63, 3.8) is 0 Å². The van der Waals surface area contributed by atoms with E-state index in [1.807, 2.05) is 30.3 Å². The van der Waals surface area contributed by atoms with Crippen LogP contribution < -0.4 is 5.32 Å². The van der Waals surface area contributed by atoms with Gasteiger partial charge in [0.25, 0.3) is 0 Å². The molecule has 3 N–H and O–H groups in total. The van der Waals surface area contributed by atoms with Crippen LogP contribution in [0.3, 0.4) is 0 Å². The Morgan fingerprint density at radius 2 is 1.80 bits per heavy atom. The summed E-state index contributed by atoms with van der Waals surface area (Å²) in [6, 6.07) is 10.1. The average Bonchev–Trinajstić information content (AvgIpc) is 3.22. The van der Waals surface area contributed by atoms with Crippen molar-refractivity contribution in [2.75, 3.05) is 0 Å². The van der Waals surface area contributed by atoms with Crippen molar-refractivity contribution in [1.82, 2.24) is 5.32 Å².